The Kier molecular flexibility index (Phi) is 5.52. The summed E-state index contributed by atoms with van der Waals surface area (Å²) in [4.78, 5) is 0. The van der Waals surface area contributed by atoms with E-state index < -0.39 is 15.8 Å². The lowest BCUT2D eigenvalue weighted by Gasteiger charge is -2.17. The van der Waals surface area contributed by atoms with Gasteiger partial charge < -0.3 is 5.32 Å². The maximum Gasteiger partial charge on any atom is 0.218 e. The highest BCUT2D eigenvalue weighted by molar-refractivity contribution is 7.88. The minimum absolute atomic E-state index is 0.0689. The minimum atomic E-state index is -3.40. The predicted molar refractivity (Wildman–Crippen MR) is 70.6 cm³/mol. The summed E-state index contributed by atoms with van der Waals surface area (Å²) in [5.41, 5.74) is 0.470. The average Bonchev–Trinajstić information content (AvgIpc) is 2.30. The van der Waals surface area contributed by atoms with Gasteiger partial charge >= 0.3 is 0 Å². The quantitative estimate of drug-likeness (QED) is 0.864. The van der Waals surface area contributed by atoms with Crippen molar-refractivity contribution < 1.29 is 12.8 Å². The van der Waals surface area contributed by atoms with Crippen LogP contribution in [-0.2, 0) is 15.8 Å². The van der Waals surface area contributed by atoms with Gasteiger partial charge in [-0.3, -0.25) is 0 Å². The number of hydrogen-bond donors (Lipinski definition) is 1. The lowest BCUT2D eigenvalue weighted by molar-refractivity contribution is 0.465. The lowest BCUT2D eigenvalue weighted by atomic mass is 10.2. The number of likely N-dealkylation sites (N-methyl/N-ethyl adjacent to an activating group) is 2. The van der Waals surface area contributed by atoms with Gasteiger partial charge in [-0.25, -0.2) is 17.1 Å². The van der Waals surface area contributed by atoms with Crippen LogP contribution >= 0.6 is 11.6 Å². The second kappa shape index (κ2) is 6.47. The first-order chi connectivity index (χ1) is 8.36. The molecule has 0 bridgehead atoms. The molecule has 1 N–H and O–H groups in total. The van der Waals surface area contributed by atoms with E-state index >= 15 is 0 Å². The SMILES string of the molecule is CNCCN(C)S(=O)(=O)Cc1ccc(F)c(Cl)c1. The van der Waals surface area contributed by atoms with Gasteiger partial charge in [-0.05, 0) is 24.7 Å². The smallest absolute Gasteiger partial charge is 0.218 e. The summed E-state index contributed by atoms with van der Waals surface area (Å²) in [5.74, 6) is -0.742. The van der Waals surface area contributed by atoms with E-state index in [0.29, 0.717) is 18.7 Å². The molecule has 0 spiro atoms. The molecule has 0 saturated carbocycles. The lowest BCUT2D eigenvalue weighted by Crippen LogP contribution is -2.33. The molecular formula is C11H16ClFN2O2S. The van der Waals surface area contributed by atoms with Crippen molar-refractivity contribution in [3.8, 4) is 0 Å². The molecule has 0 radical (unpaired) electrons. The maximum absolute atomic E-state index is 13.0. The van der Waals surface area contributed by atoms with Crippen LogP contribution in [0.5, 0.6) is 0 Å². The first kappa shape index (κ1) is 15.4. The maximum atomic E-state index is 13.0. The standard InChI is InChI=1S/C11H16ClFN2O2S/c1-14-5-6-15(2)18(16,17)8-9-3-4-11(13)10(12)7-9/h3-4,7,14H,5-6,8H2,1-2H3. The van der Waals surface area contributed by atoms with Gasteiger partial charge in [0.05, 0.1) is 10.8 Å². The van der Waals surface area contributed by atoms with Gasteiger partial charge in [-0.1, -0.05) is 17.7 Å². The van der Waals surface area contributed by atoms with Gasteiger partial charge in [-0.2, -0.15) is 0 Å². The van der Waals surface area contributed by atoms with E-state index in [0.717, 1.165) is 0 Å². The normalized spacial score (nSPS) is 12.1. The molecule has 1 aromatic rings. The third-order valence-electron chi connectivity index (χ3n) is 2.48. The molecule has 0 aliphatic heterocycles. The molecule has 0 heterocycles. The van der Waals surface area contributed by atoms with E-state index in [-0.39, 0.29) is 10.8 Å². The third kappa shape index (κ3) is 4.20. The van der Waals surface area contributed by atoms with Crippen LogP contribution in [0, 0.1) is 5.82 Å². The molecule has 0 amide bonds. The van der Waals surface area contributed by atoms with Crippen LogP contribution in [0.3, 0.4) is 0 Å². The molecule has 0 saturated heterocycles. The van der Waals surface area contributed by atoms with Crippen molar-refractivity contribution in [2.24, 2.45) is 0 Å². The molecule has 0 aliphatic rings. The monoisotopic (exact) mass is 294 g/mol. The molecule has 0 aromatic heterocycles. The number of hydrogen-bond acceptors (Lipinski definition) is 3. The van der Waals surface area contributed by atoms with E-state index in [1.165, 1.54) is 29.6 Å². The fourth-order valence-corrected chi connectivity index (χ4v) is 2.75. The van der Waals surface area contributed by atoms with Crippen molar-refractivity contribution in [3.63, 3.8) is 0 Å². The molecule has 18 heavy (non-hydrogen) atoms. The first-order valence-corrected chi connectivity index (χ1v) is 7.38. The van der Waals surface area contributed by atoms with Gasteiger partial charge in [0.15, 0.2) is 0 Å². The van der Waals surface area contributed by atoms with Gasteiger partial charge in [-0.15, -0.1) is 0 Å². The van der Waals surface area contributed by atoms with Crippen LogP contribution in [0.1, 0.15) is 5.56 Å². The van der Waals surface area contributed by atoms with Crippen molar-refractivity contribution in [1.82, 2.24) is 9.62 Å². The number of benzene rings is 1. The zero-order valence-corrected chi connectivity index (χ0v) is 11.9. The van der Waals surface area contributed by atoms with Crippen LogP contribution in [-0.4, -0.2) is 39.9 Å². The van der Waals surface area contributed by atoms with Crippen molar-refractivity contribution in [2.75, 3.05) is 27.2 Å². The van der Waals surface area contributed by atoms with Crippen LogP contribution in [0.4, 0.5) is 4.39 Å². The molecule has 0 aliphatic carbocycles. The topological polar surface area (TPSA) is 49.4 Å². The average molecular weight is 295 g/mol. The molecule has 102 valence electrons. The van der Waals surface area contributed by atoms with Crippen molar-refractivity contribution in [1.29, 1.82) is 0 Å². The van der Waals surface area contributed by atoms with E-state index in [1.54, 1.807) is 7.05 Å². The van der Waals surface area contributed by atoms with Crippen molar-refractivity contribution in [2.45, 2.75) is 5.75 Å². The van der Waals surface area contributed by atoms with Gasteiger partial charge in [0, 0.05) is 20.1 Å². The highest BCUT2D eigenvalue weighted by atomic mass is 35.5. The zero-order valence-electron chi connectivity index (χ0n) is 10.3. The molecule has 0 unspecified atom stereocenters. The van der Waals surface area contributed by atoms with E-state index in [1.807, 2.05) is 0 Å². The molecule has 0 fully saturated rings. The summed E-state index contributed by atoms with van der Waals surface area (Å²) in [7, 11) is -0.141. The number of nitrogens with zero attached hydrogens (tertiary/aromatic N) is 1. The summed E-state index contributed by atoms with van der Waals surface area (Å²) in [6.07, 6.45) is 0. The Morgan fingerprint density at radius 1 is 1.44 bits per heavy atom. The van der Waals surface area contributed by atoms with Gasteiger partial charge in [0.1, 0.15) is 5.82 Å². The fourth-order valence-electron chi connectivity index (χ4n) is 1.36. The molecule has 4 nitrogen and oxygen atoms in total. The zero-order chi connectivity index (χ0) is 13.8. The molecule has 0 atom stereocenters. The van der Waals surface area contributed by atoms with Crippen LogP contribution in [0.15, 0.2) is 18.2 Å². The van der Waals surface area contributed by atoms with Crippen LogP contribution in [0.25, 0.3) is 0 Å². The van der Waals surface area contributed by atoms with E-state index in [4.69, 9.17) is 11.6 Å². The van der Waals surface area contributed by atoms with Crippen LogP contribution in [0.2, 0.25) is 5.02 Å². The third-order valence-corrected chi connectivity index (χ3v) is 4.60. The Labute approximate surface area is 112 Å². The predicted octanol–water partition coefficient (Wildman–Crippen LogP) is 1.46. The number of sulfonamides is 1. The first-order valence-electron chi connectivity index (χ1n) is 5.39. The van der Waals surface area contributed by atoms with Crippen molar-refractivity contribution >= 4 is 21.6 Å². The molecular weight excluding hydrogens is 279 g/mol. The Balaban J connectivity index is 2.78. The van der Waals surface area contributed by atoms with E-state index in [9.17, 15) is 12.8 Å². The Morgan fingerprint density at radius 3 is 2.67 bits per heavy atom. The summed E-state index contributed by atoms with van der Waals surface area (Å²) in [6.45, 7) is 0.952. The van der Waals surface area contributed by atoms with E-state index in [2.05, 4.69) is 5.32 Å². The molecule has 1 rings (SSSR count). The van der Waals surface area contributed by atoms with Crippen molar-refractivity contribution in [3.05, 3.63) is 34.6 Å². The summed E-state index contributed by atoms with van der Waals surface area (Å²) in [5, 5.41) is 2.81. The highest BCUT2D eigenvalue weighted by Crippen LogP contribution is 2.18. The minimum Gasteiger partial charge on any atom is -0.318 e. The number of nitrogens with one attached hydrogen (secondary N) is 1. The molecule has 1 aromatic carbocycles. The summed E-state index contributed by atoms with van der Waals surface area (Å²) in [6, 6.07) is 3.92. The largest absolute Gasteiger partial charge is 0.318 e. The van der Waals surface area contributed by atoms with Gasteiger partial charge in [0.2, 0.25) is 10.0 Å². The number of halogens is 2. The fraction of sp³-hybridized carbons (Fsp3) is 0.455. The second-order valence-corrected chi connectivity index (χ2v) is 6.41. The summed E-state index contributed by atoms with van der Waals surface area (Å²) >= 11 is 5.61. The Hall–Kier alpha value is -0.690. The van der Waals surface area contributed by atoms with Crippen LogP contribution < -0.4 is 5.32 Å². The second-order valence-electron chi connectivity index (χ2n) is 3.93. The Bertz CT molecular complexity index is 508. The number of rotatable bonds is 6. The highest BCUT2D eigenvalue weighted by Gasteiger charge is 2.18. The van der Waals surface area contributed by atoms with Gasteiger partial charge in [0.25, 0.3) is 0 Å². The Morgan fingerprint density at radius 2 is 2.11 bits per heavy atom. The molecule has 7 heteroatoms. The summed E-state index contributed by atoms with van der Waals surface area (Å²) < 4.78 is 38.1.